The van der Waals surface area contributed by atoms with Crippen LogP contribution >= 0.6 is 0 Å². The molecule has 2 unspecified atom stereocenters. The van der Waals surface area contributed by atoms with Crippen LogP contribution in [0, 0.1) is 10.1 Å². The van der Waals surface area contributed by atoms with Gasteiger partial charge in [-0.3, -0.25) is 14.9 Å². The van der Waals surface area contributed by atoms with Crippen molar-refractivity contribution in [2.75, 3.05) is 5.32 Å². The van der Waals surface area contributed by atoms with Crippen molar-refractivity contribution in [1.29, 1.82) is 0 Å². The summed E-state index contributed by atoms with van der Waals surface area (Å²) in [5.74, 6) is 0.289. The monoisotopic (exact) mass is 448 g/mol. The second-order valence-corrected chi connectivity index (χ2v) is 8.67. The average molecular weight is 449 g/mol. The van der Waals surface area contributed by atoms with Crippen LogP contribution in [0.4, 0.5) is 11.4 Å². The topological polar surface area (TPSA) is 72.2 Å². The highest BCUT2D eigenvalue weighted by Gasteiger charge is 2.34. The zero-order valence-corrected chi connectivity index (χ0v) is 18.6. The molecule has 0 bridgehead atoms. The minimum absolute atomic E-state index is 0.0473. The third kappa shape index (κ3) is 4.46. The van der Waals surface area contributed by atoms with Crippen molar-refractivity contribution in [3.8, 4) is 0 Å². The van der Waals surface area contributed by atoms with Gasteiger partial charge in [-0.05, 0) is 52.3 Å². The Kier molecular flexibility index (Phi) is 5.91. The number of hydrogen-bond donors (Lipinski definition) is 1. The van der Waals surface area contributed by atoms with E-state index in [-0.39, 0.29) is 28.4 Å². The van der Waals surface area contributed by atoms with Gasteiger partial charge in [0, 0.05) is 23.7 Å². The summed E-state index contributed by atoms with van der Waals surface area (Å²) in [5.41, 5.74) is 6.68. The fraction of sp³-hybridized carbons (Fsp3) is 0.138. The summed E-state index contributed by atoms with van der Waals surface area (Å²) in [6.45, 7) is 0. The Morgan fingerprint density at radius 1 is 0.824 bits per heavy atom. The summed E-state index contributed by atoms with van der Waals surface area (Å²) in [4.78, 5) is 23.2. The van der Waals surface area contributed by atoms with Crippen LogP contribution < -0.4 is 5.32 Å². The first-order valence-electron chi connectivity index (χ1n) is 11.3. The van der Waals surface area contributed by atoms with Crippen LogP contribution in [0.25, 0.3) is 0 Å². The number of rotatable bonds is 6. The second kappa shape index (κ2) is 9.32. The normalized spacial score (nSPS) is 16.6. The number of hydrogen-bond acceptors (Lipinski definition) is 3. The fourth-order valence-electron chi connectivity index (χ4n) is 4.92. The van der Waals surface area contributed by atoms with Gasteiger partial charge >= 0.3 is 0 Å². The second-order valence-electron chi connectivity index (χ2n) is 8.67. The summed E-state index contributed by atoms with van der Waals surface area (Å²) >= 11 is 0. The molecule has 1 aliphatic rings. The number of nitro benzene ring substituents is 1. The molecule has 0 heterocycles. The van der Waals surface area contributed by atoms with E-state index in [1.54, 1.807) is 12.1 Å². The van der Waals surface area contributed by atoms with Gasteiger partial charge in [0.1, 0.15) is 0 Å². The summed E-state index contributed by atoms with van der Waals surface area (Å²) in [7, 11) is 0. The van der Waals surface area contributed by atoms with Crippen LogP contribution in [0.15, 0.2) is 103 Å². The number of carbonyl (C=O) groups is 1. The van der Waals surface area contributed by atoms with Crippen molar-refractivity contribution < 1.29 is 9.72 Å². The molecular formula is C29H24N2O3. The van der Waals surface area contributed by atoms with Gasteiger partial charge in [0.2, 0.25) is 5.91 Å². The first kappa shape index (κ1) is 21.6. The van der Waals surface area contributed by atoms with Crippen LogP contribution in [0.3, 0.4) is 0 Å². The number of anilines is 1. The Morgan fingerprint density at radius 2 is 1.47 bits per heavy atom. The molecule has 0 saturated heterocycles. The molecule has 0 aliphatic heterocycles. The molecule has 0 aromatic heterocycles. The maximum Gasteiger partial charge on any atom is 0.269 e. The molecule has 5 rings (SSSR count). The quantitative estimate of drug-likeness (QED) is 0.280. The van der Waals surface area contributed by atoms with Crippen LogP contribution in [-0.4, -0.2) is 10.8 Å². The Balaban J connectivity index is 1.38. The van der Waals surface area contributed by atoms with E-state index in [1.165, 1.54) is 11.1 Å². The molecule has 34 heavy (non-hydrogen) atoms. The molecule has 1 amide bonds. The molecule has 0 saturated carbocycles. The van der Waals surface area contributed by atoms with Gasteiger partial charge in [0.15, 0.2) is 0 Å². The lowest BCUT2D eigenvalue weighted by Crippen LogP contribution is -2.14. The van der Waals surface area contributed by atoms with Crippen LogP contribution in [0.2, 0.25) is 0 Å². The molecule has 0 radical (unpaired) electrons. The fourth-order valence-corrected chi connectivity index (χ4v) is 4.92. The van der Waals surface area contributed by atoms with Gasteiger partial charge in [-0.2, -0.15) is 0 Å². The highest BCUT2D eigenvalue weighted by atomic mass is 16.6. The zero-order valence-electron chi connectivity index (χ0n) is 18.6. The molecular weight excluding hydrogens is 424 g/mol. The van der Waals surface area contributed by atoms with Crippen molar-refractivity contribution in [2.45, 2.75) is 24.7 Å². The number of nitrogens with one attached hydrogen (secondary N) is 1. The van der Waals surface area contributed by atoms with Crippen molar-refractivity contribution in [3.05, 3.63) is 141 Å². The highest BCUT2D eigenvalue weighted by Crippen LogP contribution is 2.48. The van der Waals surface area contributed by atoms with Crippen LogP contribution in [0.1, 0.15) is 39.7 Å². The zero-order chi connectivity index (χ0) is 23.5. The van der Waals surface area contributed by atoms with E-state index in [1.807, 2.05) is 54.6 Å². The maximum atomic E-state index is 12.4. The van der Waals surface area contributed by atoms with E-state index in [9.17, 15) is 14.9 Å². The number of benzene rings is 4. The maximum absolute atomic E-state index is 12.4. The predicted molar refractivity (Wildman–Crippen MR) is 133 cm³/mol. The van der Waals surface area contributed by atoms with Crippen molar-refractivity contribution >= 4 is 17.3 Å². The molecule has 5 nitrogen and oxygen atoms in total. The Morgan fingerprint density at radius 3 is 2.18 bits per heavy atom. The number of non-ortho nitro benzene ring substituents is 1. The summed E-state index contributed by atoms with van der Waals surface area (Å²) in [6, 6.07) is 33.1. The van der Waals surface area contributed by atoms with E-state index in [2.05, 4.69) is 41.7 Å². The van der Waals surface area contributed by atoms with E-state index in [4.69, 9.17) is 0 Å². The average Bonchev–Trinajstić information content (AvgIpc) is 3.25. The summed E-state index contributed by atoms with van der Waals surface area (Å²) in [6.07, 6.45) is 1.22. The van der Waals surface area contributed by atoms with Gasteiger partial charge in [-0.1, -0.05) is 78.9 Å². The van der Waals surface area contributed by atoms with Crippen LogP contribution in [0.5, 0.6) is 0 Å². The SMILES string of the molecule is O=C(Cc1ccccc1)Nc1ccc(C2c3ccccc3CC2c2ccc([N+](=O)[O-])cc2)cc1. The van der Waals surface area contributed by atoms with Gasteiger partial charge in [-0.15, -0.1) is 0 Å². The molecule has 4 aromatic rings. The van der Waals surface area contributed by atoms with Crippen molar-refractivity contribution in [1.82, 2.24) is 0 Å². The van der Waals surface area contributed by atoms with Gasteiger partial charge < -0.3 is 5.32 Å². The first-order chi connectivity index (χ1) is 16.6. The number of amides is 1. The molecule has 1 N–H and O–H groups in total. The third-order valence-electron chi connectivity index (χ3n) is 6.53. The number of nitrogens with zero attached hydrogens (tertiary/aromatic N) is 1. The summed E-state index contributed by atoms with van der Waals surface area (Å²) in [5, 5.41) is 14.1. The molecule has 1 aliphatic carbocycles. The molecule has 0 spiro atoms. The minimum Gasteiger partial charge on any atom is -0.326 e. The van der Waals surface area contributed by atoms with Crippen molar-refractivity contribution in [3.63, 3.8) is 0 Å². The minimum atomic E-state index is -0.366. The van der Waals surface area contributed by atoms with E-state index in [0.717, 1.165) is 28.8 Å². The van der Waals surface area contributed by atoms with E-state index in [0.29, 0.717) is 6.42 Å². The lowest BCUT2D eigenvalue weighted by molar-refractivity contribution is -0.384. The van der Waals surface area contributed by atoms with Gasteiger partial charge in [-0.25, -0.2) is 0 Å². The van der Waals surface area contributed by atoms with E-state index >= 15 is 0 Å². The number of fused-ring (bicyclic) bond motifs is 1. The lowest BCUT2D eigenvalue weighted by Gasteiger charge is -2.22. The number of nitro groups is 1. The molecule has 2 atom stereocenters. The Bertz CT molecular complexity index is 1320. The first-order valence-corrected chi connectivity index (χ1v) is 11.3. The lowest BCUT2D eigenvalue weighted by atomic mass is 9.82. The van der Waals surface area contributed by atoms with Crippen LogP contribution in [-0.2, 0) is 17.6 Å². The molecule has 5 heteroatoms. The standard InChI is InChI=1S/C29H24N2O3/c32-28(18-20-6-2-1-3-7-20)30-24-14-10-22(11-15-24)29-26-9-5-4-8-23(26)19-27(29)21-12-16-25(17-13-21)31(33)34/h1-17,27,29H,18-19H2,(H,30,32). The summed E-state index contributed by atoms with van der Waals surface area (Å²) < 4.78 is 0. The number of carbonyl (C=O) groups excluding carboxylic acids is 1. The third-order valence-corrected chi connectivity index (χ3v) is 6.53. The highest BCUT2D eigenvalue weighted by molar-refractivity contribution is 5.92. The van der Waals surface area contributed by atoms with E-state index < -0.39 is 0 Å². The smallest absolute Gasteiger partial charge is 0.269 e. The Hall–Kier alpha value is -4.25. The molecule has 168 valence electrons. The predicted octanol–water partition coefficient (Wildman–Crippen LogP) is 6.25. The Labute approximate surface area is 198 Å². The van der Waals surface area contributed by atoms with Crippen molar-refractivity contribution in [2.24, 2.45) is 0 Å². The van der Waals surface area contributed by atoms with Gasteiger partial charge in [0.05, 0.1) is 11.3 Å². The molecule has 4 aromatic carbocycles. The molecule has 0 fully saturated rings. The largest absolute Gasteiger partial charge is 0.326 e. The van der Waals surface area contributed by atoms with Gasteiger partial charge in [0.25, 0.3) is 5.69 Å².